The first-order chi connectivity index (χ1) is 9.12. The first-order valence-corrected chi connectivity index (χ1v) is 8.47. The van der Waals surface area contributed by atoms with E-state index in [1.54, 1.807) is 0 Å². The van der Waals surface area contributed by atoms with Crippen LogP contribution in [-0.2, 0) is 16.4 Å². The molecular weight excluding hydrogens is 262 g/mol. The van der Waals surface area contributed by atoms with E-state index in [-0.39, 0.29) is 5.25 Å². The molecule has 19 heavy (non-hydrogen) atoms. The molecule has 106 valence electrons. The Morgan fingerprint density at radius 3 is 2.95 bits per heavy atom. The van der Waals surface area contributed by atoms with E-state index in [2.05, 4.69) is 5.32 Å². The Hall–Kier alpha value is -1.07. The number of nitrogens with one attached hydrogen (secondary N) is 1. The van der Waals surface area contributed by atoms with Crippen LogP contribution in [0.1, 0.15) is 25.3 Å². The van der Waals surface area contributed by atoms with Crippen molar-refractivity contribution in [1.82, 2.24) is 5.32 Å². The molecule has 1 atom stereocenters. The maximum atomic E-state index is 11.7. The minimum Gasteiger partial charge on any atom is -0.494 e. The molecule has 1 aliphatic rings. The molecule has 1 heterocycles. The lowest BCUT2D eigenvalue weighted by Gasteiger charge is -2.11. The Balaban J connectivity index is 1.84. The first kappa shape index (κ1) is 14.3. The molecule has 1 fully saturated rings. The van der Waals surface area contributed by atoms with Crippen LogP contribution >= 0.6 is 0 Å². The van der Waals surface area contributed by atoms with Gasteiger partial charge in [-0.15, -0.1) is 0 Å². The molecule has 0 bridgehead atoms. The predicted octanol–water partition coefficient (Wildman–Crippen LogP) is 1.75. The fourth-order valence-corrected chi connectivity index (χ4v) is 4.18. The van der Waals surface area contributed by atoms with E-state index in [0.29, 0.717) is 25.4 Å². The number of hydrogen-bond donors (Lipinski definition) is 1. The maximum Gasteiger partial charge on any atom is 0.154 e. The van der Waals surface area contributed by atoms with E-state index in [0.717, 1.165) is 24.2 Å². The molecule has 1 saturated heterocycles. The summed E-state index contributed by atoms with van der Waals surface area (Å²) in [4.78, 5) is 0. The highest BCUT2D eigenvalue weighted by atomic mass is 32.2. The molecule has 0 saturated carbocycles. The molecule has 5 heteroatoms. The van der Waals surface area contributed by atoms with Gasteiger partial charge in [0.25, 0.3) is 0 Å². The Bertz CT molecular complexity index is 513. The molecule has 1 unspecified atom stereocenters. The minimum absolute atomic E-state index is 0.206. The van der Waals surface area contributed by atoms with Crippen molar-refractivity contribution in [2.45, 2.75) is 31.6 Å². The van der Waals surface area contributed by atoms with E-state index >= 15 is 0 Å². The number of rotatable bonds is 6. The number of benzene rings is 1. The van der Waals surface area contributed by atoms with Crippen LogP contribution < -0.4 is 10.1 Å². The topological polar surface area (TPSA) is 55.4 Å². The SMILES string of the molecule is CCOc1cccc(CNCC2CCCS2(=O)=O)c1. The third-order valence-electron chi connectivity index (χ3n) is 3.37. The second-order valence-corrected chi connectivity index (χ2v) is 7.24. The van der Waals surface area contributed by atoms with Gasteiger partial charge in [0, 0.05) is 13.1 Å². The van der Waals surface area contributed by atoms with Gasteiger partial charge in [0.1, 0.15) is 5.75 Å². The molecule has 1 aromatic carbocycles. The van der Waals surface area contributed by atoms with Gasteiger partial charge >= 0.3 is 0 Å². The fourth-order valence-electron chi connectivity index (χ4n) is 2.38. The van der Waals surface area contributed by atoms with Crippen LogP contribution in [0.15, 0.2) is 24.3 Å². The van der Waals surface area contributed by atoms with Crippen LogP contribution in [0.4, 0.5) is 0 Å². The lowest BCUT2D eigenvalue weighted by Crippen LogP contribution is -2.30. The van der Waals surface area contributed by atoms with Crippen molar-refractivity contribution in [3.05, 3.63) is 29.8 Å². The molecule has 0 aliphatic carbocycles. The van der Waals surface area contributed by atoms with Crippen molar-refractivity contribution in [3.8, 4) is 5.75 Å². The van der Waals surface area contributed by atoms with E-state index in [9.17, 15) is 8.42 Å². The highest BCUT2D eigenvalue weighted by molar-refractivity contribution is 7.92. The van der Waals surface area contributed by atoms with Gasteiger partial charge < -0.3 is 10.1 Å². The average molecular weight is 283 g/mol. The predicted molar refractivity (Wildman–Crippen MR) is 76.1 cm³/mol. The van der Waals surface area contributed by atoms with Crippen molar-refractivity contribution in [2.24, 2.45) is 0 Å². The first-order valence-electron chi connectivity index (χ1n) is 6.76. The molecule has 1 N–H and O–H groups in total. The van der Waals surface area contributed by atoms with E-state index in [1.807, 2.05) is 31.2 Å². The van der Waals surface area contributed by atoms with E-state index in [1.165, 1.54) is 0 Å². The summed E-state index contributed by atoms with van der Waals surface area (Å²) >= 11 is 0. The largest absolute Gasteiger partial charge is 0.494 e. The minimum atomic E-state index is -2.85. The summed E-state index contributed by atoms with van der Waals surface area (Å²) in [5.41, 5.74) is 1.11. The van der Waals surface area contributed by atoms with Crippen LogP contribution in [0.3, 0.4) is 0 Å². The zero-order chi connectivity index (χ0) is 13.7. The van der Waals surface area contributed by atoms with E-state index in [4.69, 9.17) is 4.74 Å². The maximum absolute atomic E-state index is 11.7. The van der Waals surface area contributed by atoms with Gasteiger partial charge in [0.15, 0.2) is 9.84 Å². The molecule has 1 aromatic rings. The normalized spacial score (nSPS) is 21.4. The fraction of sp³-hybridized carbons (Fsp3) is 0.571. The summed E-state index contributed by atoms with van der Waals surface area (Å²) < 4.78 is 28.8. The Labute approximate surface area is 115 Å². The van der Waals surface area contributed by atoms with Crippen molar-refractivity contribution in [3.63, 3.8) is 0 Å². The van der Waals surface area contributed by atoms with Gasteiger partial charge in [0.05, 0.1) is 17.6 Å². The third-order valence-corrected chi connectivity index (χ3v) is 5.65. The van der Waals surface area contributed by atoms with Crippen molar-refractivity contribution < 1.29 is 13.2 Å². The summed E-state index contributed by atoms with van der Waals surface area (Å²) in [5, 5.41) is 3.03. The summed E-state index contributed by atoms with van der Waals surface area (Å²) in [7, 11) is -2.85. The second kappa shape index (κ2) is 6.39. The van der Waals surface area contributed by atoms with Crippen molar-refractivity contribution >= 4 is 9.84 Å². The van der Waals surface area contributed by atoms with Crippen LogP contribution in [0.2, 0.25) is 0 Å². The molecule has 0 aromatic heterocycles. The lowest BCUT2D eigenvalue weighted by atomic mass is 10.2. The summed E-state index contributed by atoms with van der Waals surface area (Å²) in [6.07, 6.45) is 1.59. The van der Waals surface area contributed by atoms with Crippen LogP contribution in [0, 0.1) is 0 Å². The van der Waals surface area contributed by atoms with Crippen molar-refractivity contribution in [1.29, 1.82) is 0 Å². The molecular formula is C14H21NO3S. The molecule has 1 aliphatic heterocycles. The van der Waals surface area contributed by atoms with Gasteiger partial charge in [0.2, 0.25) is 0 Å². The zero-order valence-corrected chi connectivity index (χ0v) is 12.1. The van der Waals surface area contributed by atoms with Crippen LogP contribution in [0.25, 0.3) is 0 Å². The highest BCUT2D eigenvalue weighted by Crippen LogP contribution is 2.19. The average Bonchev–Trinajstić information content (AvgIpc) is 2.70. The molecule has 2 rings (SSSR count). The second-order valence-electron chi connectivity index (χ2n) is 4.84. The van der Waals surface area contributed by atoms with Gasteiger partial charge in [-0.2, -0.15) is 0 Å². The molecule has 0 spiro atoms. The highest BCUT2D eigenvalue weighted by Gasteiger charge is 2.30. The van der Waals surface area contributed by atoms with Gasteiger partial charge in [-0.3, -0.25) is 0 Å². The van der Waals surface area contributed by atoms with E-state index < -0.39 is 9.84 Å². The lowest BCUT2D eigenvalue weighted by molar-refractivity contribution is 0.340. The summed E-state index contributed by atoms with van der Waals surface area (Å²) in [5.74, 6) is 1.20. The molecule has 0 radical (unpaired) electrons. The summed E-state index contributed by atoms with van der Waals surface area (Å²) in [6.45, 7) is 3.82. The standard InChI is InChI=1S/C14H21NO3S/c1-2-18-13-6-3-5-12(9-13)10-15-11-14-7-4-8-19(14,16)17/h3,5-6,9,14-15H,2,4,7-8,10-11H2,1H3. The Morgan fingerprint density at radius 2 is 2.26 bits per heavy atom. The third kappa shape index (κ3) is 3.94. The number of sulfone groups is 1. The monoisotopic (exact) mass is 283 g/mol. The Morgan fingerprint density at radius 1 is 1.42 bits per heavy atom. The summed E-state index contributed by atoms with van der Waals surface area (Å²) in [6, 6.07) is 7.88. The quantitative estimate of drug-likeness (QED) is 0.864. The number of ether oxygens (including phenoxy) is 1. The number of hydrogen-bond acceptors (Lipinski definition) is 4. The van der Waals surface area contributed by atoms with Crippen molar-refractivity contribution in [2.75, 3.05) is 18.9 Å². The molecule has 0 amide bonds. The van der Waals surface area contributed by atoms with Gasteiger partial charge in [-0.1, -0.05) is 12.1 Å². The van der Waals surface area contributed by atoms with Crippen LogP contribution in [0.5, 0.6) is 5.75 Å². The molecule has 4 nitrogen and oxygen atoms in total. The van der Waals surface area contributed by atoms with Gasteiger partial charge in [-0.25, -0.2) is 8.42 Å². The zero-order valence-electron chi connectivity index (χ0n) is 11.3. The van der Waals surface area contributed by atoms with Crippen LogP contribution in [-0.4, -0.2) is 32.6 Å². The Kier molecular flexibility index (Phi) is 4.82. The van der Waals surface area contributed by atoms with Gasteiger partial charge in [-0.05, 0) is 37.5 Å². The smallest absolute Gasteiger partial charge is 0.154 e.